The van der Waals surface area contributed by atoms with Crippen LogP contribution in [0.2, 0.25) is 0 Å². The van der Waals surface area contributed by atoms with Crippen LogP contribution in [0.1, 0.15) is 32.7 Å². The minimum absolute atomic E-state index is 0.106. The van der Waals surface area contributed by atoms with Crippen LogP contribution >= 0.6 is 0 Å². The summed E-state index contributed by atoms with van der Waals surface area (Å²) in [6.45, 7) is 5.30. The Hall–Kier alpha value is -3.05. The summed E-state index contributed by atoms with van der Waals surface area (Å²) in [5, 5.41) is 2.98. The number of hydrogen-bond donors (Lipinski definition) is 1. The summed E-state index contributed by atoms with van der Waals surface area (Å²) < 4.78 is 0. The fraction of sp³-hybridized carbons (Fsp3) is 0.261. The van der Waals surface area contributed by atoms with E-state index in [1.54, 1.807) is 0 Å². The van der Waals surface area contributed by atoms with E-state index in [1.165, 1.54) is 0 Å². The van der Waals surface area contributed by atoms with Gasteiger partial charge >= 0.3 is 0 Å². The van der Waals surface area contributed by atoms with E-state index in [1.807, 2.05) is 76.7 Å². The molecule has 2 heterocycles. The summed E-state index contributed by atoms with van der Waals surface area (Å²) in [4.78, 5) is 23.6. The highest BCUT2D eigenvalue weighted by Gasteiger charge is 2.09. The van der Waals surface area contributed by atoms with Gasteiger partial charge in [-0.1, -0.05) is 18.2 Å². The van der Waals surface area contributed by atoms with Gasteiger partial charge < -0.3 is 10.2 Å². The predicted molar refractivity (Wildman–Crippen MR) is 112 cm³/mol. The lowest BCUT2D eigenvalue weighted by Crippen LogP contribution is -2.23. The zero-order valence-electron chi connectivity index (χ0n) is 16.9. The van der Waals surface area contributed by atoms with Gasteiger partial charge in [-0.25, -0.2) is 0 Å². The van der Waals surface area contributed by atoms with Crippen molar-refractivity contribution < 1.29 is 4.79 Å². The zero-order chi connectivity index (χ0) is 20.1. The Morgan fingerprint density at radius 3 is 2.54 bits per heavy atom. The molecule has 0 saturated heterocycles. The van der Waals surface area contributed by atoms with Crippen molar-refractivity contribution in [2.45, 2.75) is 26.9 Å². The summed E-state index contributed by atoms with van der Waals surface area (Å²) >= 11 is 0. The normalized spacial score (nSPS) is 10.9. The lowest BCUT2D eigenvalue weighted by molar-refractivity contribution is 0.0951. The second-order valence-electron chi connectivity index (χ2n) is 7.31. The molecule has 2 aromatic heterocycles. The molecule has 3 rings (SSSR count). The van der Waals surface area contributed by atoms with Crippen LogP contribution in [0.3, 0.4) is 0 Å². The lowest BCUT2D eigenvalue weighted by Gasteiger charge is -2.11. The van der Waals surface area contributed by atoms with Gasteiger partial charge in [-0.2, -0.15) is 0 Å². The fourth-order valence-corrected chi connectivity index (χ4v) is 3.06. The molecule has 0 aliphatic rings. The molecule has 1 amide bonds. The lowest BCUT2D eigenvalue weighted by atomic mass is 10.1. The Labute approximate surface area is 166 Å². The van der Waals surface area contributed by atoms with Crippen molar-refractivity contribution in [2.75, 3.05) is 14.1 Å². The van der Waals surface area contributed by atoms with Crippen LogP contribution in [0.25, 0.3) is 11.3 Å². The monoisotopic (exact) mass is 374 g/mol. The number of aryl methyl sites for hydroxylation is 2. The Morgan fingerprint density at radius 2 is 1.86 bits per heavy atom. The molecule has 144 valence electrons. The molecule has 5 heteroatoms. The first-order valence-electron chi connectivity index (χ1n) is 9.33. The molecule has 0 atom stereocenters. The second kappa shape index (κ2) is 8.76. The van der Waals surface area contributed by atoms with Gasteiger partial charge in [-0.3, -0.25) is 14.8 Å². The molecule has 0 bridgehead atoms. The van der Waals surface area contributed by atoms with Crippen LogP contribution in [-0.4, -0.2) is 34.9 Å². The van der Waals surface area contributed by atoms with Gasteiger partial charge in [0.05, 0.1) is 5.69 Å². The van der Waals surface area contributed by atoms with Crippen LogP contribution in [0.15, 0.2) is 54.9 Å². The van der Waals surface area contributed by atoms with Crippen LogP contribution in [0.4, 0.5) is 0 Å². The Kier molecular flexibility index (Phi) is 6.16. The maximum atomic E-state index is 12.6. The second-order valence-corrected chi connectivity index (χ2v) is 7.31. The van der Waals surface area contributed by atoms with E-state index in [-0.39, 0.29) is 5.91 Å². The van der Waals surface area contributed by atoms with Gasteiger partial charge in [0.25, 0.3) is 5.91 Å². The van der Waals surface area contributed by atoms with E-state index in [9.17, 15) is 4.79 Å². The topological polar surface area (TPSA) is 58.1 Å². The average molecular weight is 374 g/mol. The van der Waals surface area contributed by atoms with Crippen molar-refractivity contribution >= 4 is 5.91 Å². The third-order valence-corrected chi connectivity index (χ3v) is 4.54. The van der Waals surface area contributed by atoms with Crippen molar-refractivity contribution in [1.29, 1.82) is 0 Å². The number of aromatic nitrogens is 2. The largest absolute Gasteiger partial charge is 0.348 e. The van der Waals surface area contributed by atoms with Crippen LogP contribution in [0, 0.1) is 13.8 Å². The Balaban J connectivity index is 1.70. The maximum Gasteiger partial charge on any atom is 0.251 e. The van der Waals surface area contributed by atoms with Crippen molar-refractivity contribution in [1.82, 2.24) is 20.2 Å². The number of nitrogens with one attached hydrogen (secondary N) is 1. The minimum Gasteiger partial charge on any atom is -0.348 e. The SMILES string of the molecule is Cc1cc(C)c(CNC(=O)c2cccc(-c3ccc(CN(C)C)cn3)c2)cn1. The number of rotatable bonds is 6. The highest BCUT2D eigenvalue weighted by atomic mass is 16.1. The van der Waals surface area contributed by atoms with Crippen molar-refractivity contribution in [3.05, 3.63) is 82.8 Å². The summed E-state index contributed by atoms with van der Waals surface area (Å²) in [6.07, 6.45) is 3.70. The number of carbonyl (C=O) groups is 1. The number of benzene rings is 1. The van der Waals surface area contributed by atoms with Crippen LogP contribution in [-0.2, 0) is 13.1 Å². The van der Waals surface area contributed by atoms with Crippen LogP contribution in [0.5, 0.6) is 0 Å². The Morgan fingerprint density at radius 1 is 1.04 bits per heavy atom. The molecule has 0 aliphatic carbocycles. The van der Waals surface area contributed by atoms with Gasteiger partial charge in [-0.15, -0.1) is 0 Å². The number of hydrogen-bond acceptors (Lipinski definition) is 4. The molecular formula is C23H26N4O. The first kappa shape index (κ1) is 19.7. The predicted octanol–water partition coefficient (Wildman–Crippen LogP) is 3.75. The van der Waals surface area contributed by atoms with E-state index in [0.29, 0.717) is 12.1 Å². The summed E-state index contributed by atoms with van der Waals surface area (Å²) in [6, 6.07) is 13.6. The fourth-order valence-electron chi connectivity index (χ4n) is 3.06. The molecule has 28 heavy (non-hydrogen) atoms. The third kappa shape index (κ3) is 5.02. The summed E-state index contributed by atoms with van der Waals surface area (Å²) in [5.74, 6) is -0.106. The van der Waals surface area contributed by atoms with E-state index in [2.05, 4.69) is 26.3 Å². The molecule has 0 aliphatic heterocycles. The molecule has 1 aromatic carbocycles. The Bertz CT molecular complexity index is 965. The smallest absolute Gasteiger partial charge is 0.251 e. The molecule has 0 unspecified atom stereocenters. The molecule has 1 N–H and O–H groups in total. The van der Waals surface area contributed by atoms with Crippen LogP contribution < -0.4 is 5.32 Å². The molecule has 0 radical (unpaired) electrons. The molecule has 3 aromatic rings. The van der Waals surface area contributed by atoms with E-state index >= 15 is 0 Å². The molecule has 0 fully saturated rings. The highest BCUT2D eigenvalue weighted by molar-refractivity contribution is 5.95. The van der Waals surface area contributed by atoms with Gasteiger partial charge in [0, 0.05) is 42.3 Å². The summed E-state index contributed by atoms with van der Waals surface area (Å²) in [5.41, 5.74) is 6.69. The standard InChI is InChI=1S/C23H26N4O/c1-16-10-17(2)24-13-21(16)14-26-23(28)20-7-5-6-19(11-20)22-9-8-18(12-25-22)15-27(3)4/h5-13H,14-15H2,1-4H3,(H,26,28). The number of carbonyl (C=O) groups excluding carboxylic acids is 1. The molecular weight excluding hydrogens is 348 g/mol. The average Bonchev–Trinajstić information content (AvgIpc) is 2.67. The first-order valence-corrected chi connectivity index (χ1v) is 9.33. The first-order chi connectivity index (χ1) is 13.4. The maximum absolute atomic E-state index is 12.6. The summed E-state index contributed by atoms with van der Waals surface area (Å²) in [7, 11) is 4.06. The molecule has 0 spiro atoms. The van der Waals surface area contributed by atoms with Gasteiger partial charge in [0.1, 0.15) is 0 Å². The minimum atomic E-state index is -0.106. The van der Waals surface area contributed by atoms with E-state index < -0.39 is 0 Å². The quantitative estimate of drug-likeness (QED) is 0.714. The third-order valence-electron chi connectivity index (χ3n) is 4.54. The number of amides is 1. The van der Waals surface area contributed by atoms with Crippen molar-refractivity contribution in [2.24, 2.45) is 0 Å². The van der Waals surface area contributed by atoms with Crippen molar-refractivity contribution in [3.8, 4) is 11.3 Å². The van der Waals surface area contributed by atoms with Crippen molar-refractivity contribution in [3.63, 3.8) is 0 Å². The highest BCUT2D eigenvalue weighted by Crippen LogP contribution is 2.19. The number of nitrogens with zero attached hydrogens (tertiary/aromatic N) is 3. The van der Waals surface area contributed by atoms with E-state index in [4.69, 9.17) is 0 Å². The van der Waals surface area contributed by atoms with Gasteiger partial charge in [0.2, 0.25) is 0 Å². The number of pyridine rings is 2. The van der Waals surface area contributed by atoms with Gasteiger partial charge in [0.15, 0.2) is 0 Å². The molecule has 5 nitrogen and oxygen atoms in total. The zero-order valence-corrected chi connectivity index (χ0v) is 16.9. The van der Waals surface area contributed by atoms with E-state index in [0.717, 1.165) is 40.2 Å². The molecule has 0 saturated carbocycles. The van der Waals surface area contributed by atoms with Gasteiger partial charge in [-0.05, 0) is 68.9 Å².